The van der Waals surface area contributed by atoms with E-state index in [0.717, 1.165) is 5.56 Å². The lowest BCUT2D eigenvalue weighted by Crippen LogP contribution is -2.59. The van der Waals surface area contributed by atoms with Crippen molar-refractivity contribution in [2.24, 2.45) is 5.41 Å². The average molecular weight is 479 g/mol. The van der Waals surface area contributed by atoms with Crippen molar-refractivity contribution in [1.82, 2.24) is 20.1 Å². The molecule has 8 heteroatoms. The molecule has 2 fully saturated rings. The number of hydrogen-bond acceptors (Lipinski definition) is 5. The fourth-order valence-corrected chi connectivity index (χ4v) is 4.77. The van der Waals surface area contributed by atoms with Crippen LogP contribution in [0.3, 0.4) is 0 Å². The van der Waals surface area contributed by atoms with E-state index in [1.54, 1.807) is 29.4 Å². The fraction of sp³-hybridized carbons (Fsp3) is 0.481. The number of amides is 3. The van der Waals surface area contributed by atoms with Gasteiger partial charge in [0.25, 0.3) is 5.91 Å². The largest absolute Gasteiger partial charge is 0.353 e. The van der Waals surface area contributed by atoms with Crippen LogP contribution >= 0.6 is 0 Å². The zero-order chi connectivity index (χ0) is 25.1. The summed E-state index contributed by atoms with van der Waals surface area (Å²) in [5, 5.41) is 2.95. The van der Waals surface area contributed by atoms with Crippen LogP contribution in [0.5, 0.6) is 0 Å². The molecule has 0 bridgehead atoms. The lowest BCUT2D eigenvalue weighted by molar-refractivity contribution is -0.145. The zero-order valence-corrected chi connectivity index (χ0v) is 20.7. The summed E-state index contributed by atoms with van der Waals surface area (Å²) in [4.78, 5) is 47.2. The van der Waals surface area contributed by atoms with Gasteiger partial charge in [0.2, 0.25) is 11.8 Å². The minimum absolute atomic E-state index is 0.0939. The predicted molar refractivity (Wildman–Crippen MR) is 131 cm³/mol. The molecule has 1 spiro atoms. The molecule has 3 amide bonds. The number of rotatable bonds is 5. The van der Waals surface area contributed by atoms with Crippen molar-refractivity contribution >= 4 is 17.7 Å². The molecule has 1 atom stereocenters. The van der Waals surface area contributed by atoms with E-state index in [2.05, 4.69) is 10.3 Å². The smallest absolute Gasteiger partial charge is 0.256 e. The molecule has 2 aliphatic rings. The summed E-state index contributed by atoms with van der Waals surface area (Å²) in [5.74, 6) is -0.381. The molecule has 1 aromatic carbocycles. The molecule has 1 N–H and O–H groups in total. The Labute approximate surface area is 206 Å². The van der Waals surface area contributed by atoms with Crippen molar-refractivity contribution < 1.29 is 19.1 Å². The van der Waals surface area contributed by atoms with E-state index in [9.17, 15) is 14.4 Å². The minimum Gasteiger partial charge on any atom is -0.353 e. The molecule has 0 radical (unpaired) electrons. The maximum atomic E-state index is 13.7. The van der Waals surface area contributed by atoms with Crippen LogP contribution in [0.2, 0.25) is 0 Å². The first-order valence-corrected chi connectivity index (χ1v) is 12.2. The molecule has 4 rings (SSSR count). The Kier molecular flexibility index (Phi) is 7.21. The number of nitrogens with one attached hydrogen (secondary N) is 1. The first-order valence-electron chi connectivity index (χ1n) is 12.2. The summed E-state index contributed by atoms with van der Waals surface area (Å²) in [6.45, 7) is 7.57. The highest BCUT2D eigenvalue weighted by molar-refractivity contribution is 5.98. The van der Waals surface area contributed by atoms with E-state index < -0.39 is 11.8 Å². The van der Waals surface area contributed by atoms with Gasteiger partial charge in [0.05, 0.1) is 6.61 Å². The maximum Gasteiger partial charge on any atom is 0.256 e. The second-order valence-electron chi connectivity index (χ2n) is 10.5. The molecule has 35 heavy (non-hydrogen) atoms. The van der Waals surface area contributed by atoms with Crippen LogP contribution in [0, 0.1) is 5.41 Å². The van der Waals surface area contributed by atoms with E-state index in [1.165, 1.54) is 0 Å². The van der Waals surface area contributed by atoms with Gasteiger partial charge in [-0.2, -0.15) is 0 Å². The molecule has 8 nitrogen and oxygen atoms in total. The van der Waals surface area contributed by atoms with Gasteiger partial charge in [-0.3, -0.25) is 24.3 Å². The molecule has 3 heterocycles. The SMILES string of the molecule is CC(C)(C)CC(=O)N1CCC2(CC1)OC[C@H](C(=O)NCc1ccncc1)N2C(=O)c1ccccc1. The van der Waals surface area contributed by atoms with Gasteiger partial charge >= 0.3 is 0 Å². The second kappa shape index (κ2) is 10.2. The van der Waals surface area contributed by atoms with Gasteiger partial charge in [-0.1, -0.05) is 39.0 Å². The Morgan fingerprint density at radius 1 is 1.06 bits per heavy atom. The van der Waals surface area contributed by atoms with Crippen LogP contribution in [0.4, 0.5) is 0 Å². The molecule has 2 saturated heterocycles. The van der Waals surface area contributed by atoms with Crippen LogP contribution in [0.15, 0.2) is 54.9 Å². The number of ether oxygens (including phenoxy) is 1. The van der Waals surface area contributed by atoms with E-state index >= 15 is 0 Å². The standard InChI is InChI=1S/C27H34N4O4/c1-26(2,3)17-23(32)30-15-11-27(12-16-30)31(25(34)21-7-5-4-6-8-21)22(19-35-27)24(33)29-18-20-9-13-28-14-10-20/h4-10,13-14,22H,11-12,15-19H2,1-3H3,(H,29,33)/t22-/m1/s1. The monoisotopic (exact) mass is 478 g/mol. The van der Waals surface area contributed by atoms with Gasteiger partial charge in [-0.15, -0.1) is 0 Å². The number of pyridine rings is 1. The number of aromatic nitrogens is 1. The highest BCUT2D eigenvalue weighted by atomic mass is 16.5. The summed E-state index contributed by atoms with van der Waals surface area (Å²) >= 11 is 0. The third kappa shape index (κ3) is 5.70. The van der Waals surface area contributed by atoms with Gasteiger partial charge in [-0.05, 0) is 35.2 Å². The molecule has 2 aromatic rings. The van der Waals surface area contributed by atoms with Crippen LogP contribution < -0.4 is 5.32 Å². The van der Waals surface area contributed by atoms with Crippen LogP contribution in [-0.4, -0.2) is 64.0 Å². The average Bonchev–Trinajstić information content (AvgIpc) is 3.21. The first-order chi connectivity index (χ1) is 16.7. The molecular formula is C27H34N4O4. The summed E-state index contributed by atoms with van der Waals surface area (Å²) in [5.41, 5.74) is 0.428. The number of nitrogens with zero attached hydrogens (tertiary/aromatic N) is 3. The summed E-state index contributed by atoms with van der Waals surface area (Å²) < 4.78 is 6.25. The van der Waals surface area contributed by atoms with Gasteiger partial charge in [0.15, 0.2) is 0 Å². The Morgan fingerprint density at radius 2 is 1.71 bits per heavy atom. The maximum absolute atomic E-state index is 13.7. The lowest BCUT2D eigenvalue weighted by atomic mass is 9.90. The van der Waals surface area contributed by atoms with Crippen molar-refractivity contribution in [1.29, 1.82) is 0 Å². The minimum atomic E-state index is -0.913. The van der Waals surface area contributed by atoms with Crippen LogP contribution in [0.1, 0.15) is 56.0 Å². The first kappa shape index (κ1) is 24.9. The second-order valence-corrected chi connectivity index (χ2v) is 10.5. The summed E-state index contributed by atoms with van der Waals surface area (Å²) in [7, 11) is 0. The molecule has 1 aromatic heterocycles. The summed E-state index contributed by atoms with van der Waals surface area (Å²) in [6, 6.07) is 11.9. The van der Waals surface area contributed by atoms with Gasteiger partial charge < -0.3 is 15.0 Å². The predicted octanol–water partition coefficient (Wildman–Crippen LogP) is 2.99. The number of hydrogen-bond donors (Lipinski definition) is 1. The van der Waals surface area contributed by atoms with E-state index in [1.807, 2.05) is 56.0 Å². The number of likely N-dealkylation sites (tertiary alicyclic amines) is 1. The van der Waals surface area contributed by atoms with Gasteiger partial charge in [0.1, 0.15) is 11.8 Å². The van der Waals surface area contributed by atoms with Crippen molar-refractivity contribution in [3.8, 4) is 0 Å². The third-order valence-electron chi connectivity index (χ3n) is 6.60. The Morgan fingerprint density at radius 3 is 2.34 bits per heavy atom. The van der Waals surface area contributed by atoms with Crippen molar-refractivity contribution in [2.75, 3.05) is 19.7 Å². The lowest BCUT2D eigenvalue weighted by Gasteiger charge is -2.44. The van der Waals surface area contributed by atoms with Gasteiger partial charge in [0, 0.05) is 56.9 Å². The topological polar surface area (TPSA) is 91.8 Å². The molecule has 186 valence electrons. The van der Waals surface area contributed by atoms with Crippen LogP contribution in [-0.2, 0) is 20.9 Å². The van der Waals surface area contributed by atoms with Crippen molar-refractivity contribution in [3.05, 3.63) is 66.0 Å². The number of benzene rings is 1. The Hall–Kier alpha value is -3.26. The normalized spacial score (nSPS) is 19.6. The molecular weight excluding hydrogens is 444 g/mol. The highest BCUT2D eigenvalue weighted by Gasteiger charge is 2.54. The molecule has 0 aliphatic carbocycles. The Balaban J connectivity index is 1.52. The van der Waals surface area contributed by atoms with Crippen molar-refractivity contribution in [2.45, 2.75) is 58.3 Å². The third-order valence-corrected chi connectivity index (χ3v) is 6.60. The fourth-order valence-electron chi connectivity index (χ4n) is 4.77. The quantitative estimate of drug-likeness (QED) is 0.713. The molecule has 2 aliphatic heterocycles. The Bertz CT molecular complexity index is 1040. The number of carbonyl (C=O) groups is 3. The highest BCUT2D eigenvalue weighted by Crippen LogP contribution is 2.39. The number of piperidine rings is 1. The van der Waals surface area contributed by atoms with E-state index in [-0.39, 0.29) is 29.7 Å². The van der Waals surface area contributed by atoms with E-state index in [0.29, 0.717) is 44.5 Å². The van der Waals surface area contributed by atoms with E-state index in [4.69, 9.17) is 4.74 Å². The number of carbonyl (C=O) groups excluding carboxylic acids is 3. The van der Waals surface area contributed by atoms with Crippen LogP contribution in [0.25, 0.3) is 0 Å². The van der Waals surface area contributed by atoms with Gasteiger partial charge in [-0.25, -0.2) is 0 Å². The van der Waals surface area contributed by atoms with Crippen molar-refractivity contribution in [3.63, 3.8) is 0 Å². The molecule has 0 saturated carbocycles. The summed E-state index contributed by atoms with van der Waals surface area (Å²) in [6.07, 6.45) is 4.75. The molecule has 0 unspecified atom stereocenters. The zero-order valence-electron chi connectivity index (χ0n) is 20.7.